The van der Waals surface area contributed by atoms with Crippen LogP contribution in [0.2, 0.25) is 0 Å². The van der Waals surface area contributed by atoms with Crippen LogP contribution in [-0.4, -0.2) is 75.8 Å². The van der Waals surface area contributed by atoms with Gasteiger partial charge in [-0.25, -0.2) is 0 Å². The van der Waals surface area contributed by atoms with Gasteiger partial charge < -0.3 is 14.4 Å². The summed E-state index contributed by atoms with van der Waals surface area (Å²) >= 11 is 1.27. The summed E-state index contributed by atoms with van der Waals surface area (Å²) in [5, 5.41) is -5.76. The molecule has 3 fully saturated rings. The molecule has 0 aromatic carbocycles. The van der Waals surface area contributed by atoms with Gasteiger partial charge in [0, 0.05) is 17.2 Å². The summed E-state index contributed by atoms with van der Waals surface area (Å²) in [5.41, 5.74) is -0.641. The summed E-state index contributed by atoms with van der Waals surface area (Å²) in [6, 6.07) is -0.462. The molecule has 1 amide bonds. The normalized spacial score (nSPS) is 33.2. The molecule has 170 valence electrons. The average molecular weight is 472 g/mol. The third-order valence-corrected chi connectivity index (χ3v) is 8.17. The molecule has 0 aliphatic carbocycles. The lowest BCUT2D eigenvalue weighted by atomic mass is 9.78. The molecular weight excluding hydrogens is 448 g/mol. The van der Waals surface area contributed by atoms with Gasteiger partial charge >= 0.3 is 27.3 Å². The third kappa shape index (κ3) is 3.58. The Morgan fingerprint density at radius 1 is 1.23 bits per heavy atom. The topological polar surface area (TPSA) is 127 Å². The smallest absolute Gasteiger partial charge is 0.402 e. The first kappa shape index (κ1) is 23.2. The van der Waals surface area contributed by atoms with Crippen molar-refractivity contribution < 1.29 is 45.6 Å². The van der Waals surface area contributed by atoms with Gasteiger partial charge in [-0.05, 0) is 20.8 Å². The molecule has 0 saturated carbocycles. The van der Waals surface area contributed by atoms with Crippen molar-refractivity contribution in [1.29, 1.82) is 0 Å². The molecule has 0 aromatic rings. The monoisotopic (exact) mass is 471 g/mol. The van der Waals surface area contributed by atoms with Crippen molar-refractivity contribution in [2.24, 2.45) is 11.8 Å². The van der Waals surface area contributed by atoms with Crippen LogP contribution >= 0.6 is 11.8 Å². The molecule has 3 aliphatic rings. The molecule has 3 rings (SSSR count). The van der Waals surface area contributed by atoms with Gasteiger partial charge in [0.15, 0.2) is 6.61 Å². The number of hydrogen-bond acceptors (Lipinski definition) is 8. The lowest BCUT2D eigenvalue weighted by Crippen LogP contribution is -2.54. The van der Waals surface area contributed by atoms with Crippen LogP contribution in [0.15, 0.2) is 0 Å². The number of ether oxygens (including phenoxy) is 2. The summed E-state index contributed by atoms with van der Waals surface area (Å²) in [5.74, 6) is -4.12. The highest BCUT2D eigenvalue weighted by Crippen LogP contribution is 2.61. The highest BCUT2D eigenvalue weighted by atomic mass is 32.2. The van der Waals surface area contributed by atoms with Crippen molar-refractivity contribution in [2.75, 3.05) is 6.61 Å². The minimum atomic E-state index is -5.77. The molecular formula is C17H23F2NO8S2. The van der Waals surface area contributed by atoms with E-state index in [1.54, 1.807) is 32.6 Å². The van der Waals surface area contributed by atoms with E-state index in [0.717, 1.165) is 0 Å². The van der Waals surface area contributed by atoms with Crippen molar-refractivity contribution >= 4 is 39.7 Å². The predicted octanol–water partition coefficient (Wildman–Crippen LogP) is 1.07. The van der Waals surface area contributed by atoms with Crippen molar-refractivity contribution in [1.82, 2.24) is 4.90 Å². The maximum Gasteiger partial charge on any atom is 0.402 e. The zero-order valence-corrected chi connectivity index (χ0v) is 18.3. The Balaban J connectivity index is 1.89. The zero-order chi connectivity index (χ0) is 22.8. The second-order valence-corrected chi connectivity index (χ2v) is 11.4. The van der Waals surface area contributed by atoms with Crippen LogP contribution in [0.4, 0.5) is 8.78 Å². The summed E-state index contributed by atoms with van der Waals surface area (Å²) in [7, 11) is -5.77. The van der Waals surface area contributed by atoms with E-state index in [1.165, 1.54) is 11.8 Å². The highest BCUT2D eigenvalue weighted by molar-refractivity contribution is 8.01. The van der Waals surface area contributed by atoms with E-state index in [2.05, 4.69) is 4.74 Å². The van der Waals surface area contributed by atoms with E-state index in [-0.39, 0.29) is 12.3 Å². The SMILES string of the molecule is CCC(=O)OC1C2SC3C(C(=O)N(C(C)(C)C)C13)C2C(=O)OCC(F)(F)S(=O)(=O)O. The summed E-state index contributed by atoms with van der Waals surface area (Å²) in [6.45, 7) is 5.11. The zero-order valence-electron chi connectivity index (χ0n) is 16.7. The van der Waals surface area contributed by atoms with Gasteiger partial charge in [0.25, 0.3) is 0 Å². The Kier molecular flexibility index (Phi) is 5.64. The maximum absolute atomic E-state index is 13.5. The number of thioether (sulfide) groups is 1. The summed E-state index contributed by atoms with van der Waals surface area (Å²) < 4.78 is 67.1. The molecule has 30 heavy (non-hydrogen) atoms. The van der Waals surface area contributed by atoms with Gasteiger partial charge in [-0.2, -0.15) is 17.2 Å². The molecule has 3 saturated heterocycles. The first-order chi connectivity index (χ1) is 13.6. The number of amides is 1. The first-order valence-electron chi connectivity index (χ1n) is 9.31. The molecule has 3 heterocycles. The molecule has 2 bridgehead atoms. The Morgan fingerprint density at radius 2 is 1.83 bits per heavy atom. The predicted molar refractivity (Wildman–Crippen MR) is 100 cm³/mol. The molecule has 13 heteroatoms. The minimum absolute atomic E-state index is 0.0772. The fourth-order valence-electron chi connectivity index (χ4n) is 4.37. The van der Waals surface area contributed by atoms with Crippen LogP contribution < -0.4 is 0 Å². The van der Waals surface area contributed by atoms with E-state index in [4.69, 9.17) is 9.29 Å². The van der Waals surface area contributed by atoms with Crippen LogP contribution in [-0.2, 0) is 34.0 Å². The third-order valence-electron chi connectivity index (χ3n) is 5.54. The molecule has 6 atom stereocenters. The number of hydrogen-bond donors (Lipinski definition) is 1. The number of carbonyl (C=O) groups is 3. The number of halogens is 2. The molecule has 3 aliphatic heterocycles. The second kappa shape index (κ2) is 7.30. The lowest BCUT2D eigenvalue weighted by Gasteiger charge is -2.39. The highest BCUT2D eigenvalue weighted by Gasteiger charge is 2.73. The van der Waals surface area contributed by atoms with Gasteiger partial charge in [0.2, 0.25) is 5.91 Å². The number of alkyl halides is 2. The minimum Gasteiger partial charge on any atom is -0.459 e. The van der Waals surface area contributed by atoms with Crippen LogP contribution in [0.1, 0.15) is 34.1 Å². The van der Waals surface area contributed by atoms with E-state index < -0.39 is 73.9 Å². The van der Waals surface area contributed by atoms with Crippen molar-refractivity contribution in [3.8, 4) is 0 Å². The van der Waals surface area contributed by atoms with E-state index in [9.17, 15) is 31.6 Å². The van der Waals surface area contributed by atoms with Gasteiger partial charge in [-0.15, -0.1) is 11.8 Å². The molecule has 6 unspecified atom stereocenters. The number of nitrogens with zero attached hydrogens (tertiary/aromatic N) is 1. The van der Waals surface area contributed by atoms with Crippen LogP contribution in [0.5, 0.6) is 0 Å². The van der Waals surface area contributed by atoms with E-state index in [1.807, 2.05) is 0 Å². The fourth-order valence-corrected chi connectivity index (χ4v) is 6.65. The van der Waals surface area contributed by atoms with Crippen LogP contribution in [0.25, 0.3) is 0 Å². The number of esters is 2. The van der Waals surface area contributed by atoms with E-state index in [0.29, 0.717) is 0 Å². The Bertz CT molecular complexity index is 871. The molecule has 1 N–H and O–H groups in total. The van der Waals surface area contributed by atoms with Crippen molar-refractivity contribution in [3.63, 3.8) is 0 Å². The largest absolute Gasteiger partial charge is 0.459 e. The first-order valence-corrected chi connectivity index (χ1v) is 11.7. The van der Waals surface area contributed by atoms with Crippen molar-refractivity contribution in [2.45, 2.75) is 67.6 Å². The number of fused-ring (bicyclic) bond motifs is 1. The number of rotatable bonds is 6. The standard InChI is InChI=1S/C17H23F2NO8S2/c1-5-7(21)28-11-10-12-8(14(22)20(10)16(2,3)4)9(13(11)29-12)15(23)27-6-17(18,19)30(24,25)26/h8-13H,5-6H2,1-4H3,(H,24,25,26). The Morgan fingerprint density at radius 3 is 2.33 bits per heavy atom. The van der Waals surface area contributed by atoms with Gasteiger partial charge in [0.05, 0.1) is 23.1 Å². The number of likely N-dealkylation sites (tertiary alicyclic amines) is 1. The van der Waals surface area contributed by atoms with E-state index >= 15 is 0 Å². The molecule has 0 spiro atoms. The van der Waals surface area contributed by atoms with Crippen LogP contribution in [0.3, 0.4) is 0 Å². The maximum atomic E-state index is 13.5. The van der Waals surface area contributed by atoms with Crippen molar-refractivity contribution in [3.05, 3.63) is 0 Å². The molecule has 9 nitrogen and oxygen atoms in total. The van der Waals surface area contributed by atoms with Gasteiger partial charge in [-0.1, -0.05) is 6.92 Å². The van der Waals surface area contributed by atoms with Crippen LogP contribution in [0, 0.1) is 11.8 Å². The summed E-state index contributed by atoms with van der Waals surface area (Å²) in [6.07, 6.45) is -0.748. The lowest BCUT2D eigenvalue weighted by molar-refractivity contribution is -0.162. The fraction of sp³-hybridized carbons (Fsp3) is 0.824. The van der Waals surface area contributed by atoms with Gasteiger partial charge in [-0.3, -0.25) is 18.9 Å². The quantitative estimate of drug-likeness (QED) is 0.447. The number of carbonyl (C=O) groups excluding carboxylic acids is 3. The Hall–Kier alpha value is -1.47. The average Bonchev–Trinajstić information content (AvgIpc) is 3.20. The second-order valence-electron chi connectivity index (χ2n) is 8.51. The van der Waals surface area contributed by atoms with Gasteiger partial charge in [0.1, 0.15) is 6.10 Å². The Labute approximate surface area is 176 Å². The molecule has 0 aromatic heterocycles. The molecule has 0 radical (unpaired) electrons. The summed E-state index contributed by atoms with van der Waals surface area (Å²) in [4.78, 5) is 39.3.